The van der Waals surface area contributed by atoms with E-state index in [2.05, 4.69) is 141 Å². The molecule has 0 spiro atoms. The lowest BCUT2D eigenvalue weighted by molar-refractivity contribution is 0.660. The van der Waals surface area contributed by atoms with Gasteiger partial charge in [-0.25, -0.2) is 4.98 Å². The molecule has 11 rings (SSSR count). The highest BCUT2D eigenvalue weighted by atomic mass is 14.7. The average Bonchev–Trinajstić information content (AvgIpc) is 3.47. The Morgan fingerprint density at radius 1 is 0.473 bits per heavy atom. The van der Waals surface area contributed by atoms with Crippen LogP contribution in [-0.2, 0) is 5.41 Å². The van der Waals surface area contributed by atoms with Crippen LogP contribution in [0, 0.1) is 11.3 Å². The van der Waals surface area contributed by atoms with Crippen molar-refractivity contribution in [3.63, 3.8) is 0 Å². The van der Waals surface area contributed by atoms with Crippen molar-refractivity contribution in [3.05, 3.63) is 175 Å². The van der Waals surface area contributed by atoms with Gasteiger partial charge in [0.1, 0.15) is 0 Å². The number of nitriles is 1. The summed E-state index contributed by atoms with van der Waals surface area (Å²) in [5.74, 6) is 0. The summed E-state index contributed by atoms with van der Waals surface area (Å²) >= 11 is 0. The van der Waals surface area contributed by atoms with E-state index in [4.69, 9.17) is 15.0 Å². The smallest absolute Gasteiger partial charge is 0.0991 e. The molecule has 0 amide bonds. The van der Waals surface area contributed by atoms with E-state index in [1.54, 1.807) is 0 Å². The molecule has 0 N–H and O–H groups in total. The Morgan fingerprint density at radius 3 is 1.73 bits per heavy atom. The molecule has 4 nitrogen and oxygen atoms in total. The van der Waals surface area contributed by atoms with E-state index >= 15 is 0 Å². The number of nitrogens with zero attached hydrogens (tertiary/aromatic N) is 4. The van der Waals surface area contributed by atoms with Crippen molar-refractivity contribution in [2.45, 2.75) is 19.3 Å². The van der Waals surface area contributed by atoms with Crippen LogP contribution in [0.1, 0.15) is 30.5 Å². The van der Waals surface area contributed by atoms with Crippen molar-refractivity contribution >= 4 is 54.3 Å². The standard InChI is InChI=1S/C51H32N4/c1-51(2)43-26-30(29-52)16-19-38(43)39-20-17-32(27-44(39)51)34-22-23-35(37-13-7-6-12-36(34)37)33-18-21-40-45(28-33)55-48(31-10-4-3-5-11-31)47-42-15-9-25-54-50(42)49-41(46(40)47)14-8-24-53-49/h3-28H,1-2H3. The van der Waals surface area contributed by atoms with Gasteiger partial charge in [-0.3, -0.25) is 9.97 Å². The molecule has 3 heterocycles. The van der Waals surface area contributed by atoms with Crippen molar-refractivity contribution in [2.24, 2.45) is 0 Å². The first kappa shape index (κ1) is 31.3. The number of hydrogen-bond acceptors (Lipinski definition) is 4. The third kappa shape index (κ3) is 4.54. The summed E-state index contributed by atoms with van der Waals surface area (Å²) in [5.41, 5.74) is 14.8. The lowest BCUT2D eigenvalue weighted by Crippen LogP contribution is -2.15. The van der Waals surface area contributed by atoms with E-state index in [9.17, 15) is 5.26 Å². The number of rotatable bonds is 3. The van der Waals surface area contributed by atoms with Gasteiger partial charge in [-0.05, 0) is 91.7 Å². The average molecular weight is 701 g/mol. The van der Waals surface area contributed by atoms with Crippen LogP contribution in [0.2, 0.25) is 0 Å². The number of aromatic nitrogens is 3. The highest BCUT2D eigenvalue weighted by Crippen LogP contribution is 2.51. The predicted octanol–water partition coefficient (Wildman–Crippen LogP) is 12.8. The maximum Gasteiger partial charge on any atom is 0.0991 e. The van der Waals surface area contributed by atoms with Gasteiger partial charge in [0.25, 0.3) is 0 Å². The molecule has 0 saturated carbocycles. The molecule has 1 aliphatic rings. The Kier molecular flexibility index (Phi) is 6.63. The minimum atomic E-state index is -0.214. The maximum atomic E-state index is 9.62. The molecule has 0 radical (unpaired) electrons. The first-order chi connectivity index (χ1) is 27.0. The summed E-state index contributed by atoms with van der Waals surface area (Å²) in [4.78, 5) is 15.1. The van der Waals surface area contributed by atoms with Gasteiger partial charge < -0.3 is 0 Å². The third-order valence-corrected chi connectivity index (χ3v) is 11.8. The molecule has 4 heteroatoms. The zero-order chi connectivity index (χ0) is 36.8. The summed E-state index contributed by atoms with van der Waals surface area (Å²) in [5, 5.41) is 17.5. The van der Waals surface area contributed by atoms with Gasteiger partial charge in [-0.2, -0.15) is 5.26 Å². The summed E-state index contributed by atoms with van der Waals surface area (Å²) in [6.45, 7) is 4.53. The van der Waals surface area contributed by atoms with Crippen LogP contribution in [0.25, 0.3) is 98.9 Å². The van der Waals surface area contributed by atoms with Gasteiger partial charge in [-0.1, -0.05) is 123 Å². The molecule has 1 aliphatic carbocycles. The van der Waals surface area contributed by atoms with Crippen LogP contribution < -0.4 is 0 Å². The van der Waals surface area contributed by atoms with Gasteiger partial charge in [0, 0.05) is 50.3 Å². The number of pyridine rings is 3. The number of fused-ring (bicyclic) bond motifs is 12. The fourth-order valence-electron chi connectivity index (χ4n) is 9.15. The molecule has 10 aromatic rings. The largest absolute Gasteiger partial charge is 0.254 e. The fourth-order valence-corrected chi connectivity index (χ4v) is 9.15. The molecular weight excluding hydrogens is 669 g/mol. The van der Waals surface area contributed by atoms with Crippen molar-refractivity contribution < 1.29 is 0 Å². The Bertz CT molecular complexity index is 3300. The fraction of sp³-hybridized carbons (Fsp3) is 0.0588. The molecule has 256 valence electrons. The molecule has 3 aromatic heterocycles. The monoisotopic (exact) mass is 700 g/mol. The van der Waals surface area contributed by atoms with Crippen LogP contribution in [0.3, 0.4) is 0 Å². The number of benzene rings is 7. The highest BCUT2D eigenvalue weighted by Gasteiger charge is 2.36. The first-order valence-corrected chi connectivity index (χ1v) is 18.7. The Balaban J connectivity index is 1.12. The van der Waals surface area contributed by atoms with Crippen LogP contribution in [0.15, 0.2) is 158 Å². The van der Waals surface area contributed by atoms with Gasteiger partial charge >= 0.3 is 0 Å². The normalized spacial score (nSPS) is 13.0. The summed E-state index contributed by atoms with van der Waals surface area (Å²) in [7, 11) is 0. The lowest BCUT2D eigenvalue weighted by atomic mass is 9.81. The summed E-state index contributed by atoms with van der Waals surface area (Å²) in [6, 6.07) is 54.1. The Labute approximate surface area is 318 Å². The summed E-state index contributed by atoms with van der Waals surface area (Å²) < 4.78 is 0. The van der Waals surface area contributed by atoms with Crippen LogP contribution >= 0.6 is 0 Å². The van der Waals surface area contributed by atoms with Crippen molar-refractivity contribution in [2.75, 3.05) is 0 Å². The molecule has 0 unspecified atom stereocenters. The van der Waals surface area contributed by atoms with Crippen molar-refractivity contribution in [3.8, 4) is 50.7 Å². The second-order valence-electron chi connectivity index (χ2n) is 15.1. The van der Waals surface area contributed by atoms with E-state index in [1.807, 2.05) is 36.7 Å². The molecule has 55 heavy (non-hydrogen) atoms. The molecule has 0 bridgehead atoms. The SMILES string of the molecule is CC1(C)c2cc(C#N)ccc2-c2ccc(-c3ccc(-c4ccc5c(c4)nc(-c4ccccc4)c4c6cccnc6c6ncccc6c54)c4ccccc34)cc21. The Hall–Kier alpha value is -7.22. The molecule has 0 fully saturated rings. The molecule has 0 saturated heterocycles. The quantitative estimate of drug-likeness (QED) is 0.172. The lowest BCUT2D eigenvalue weighted by Gasteiger charge is -2.22. The van der Waals surface area contributed by atoms with Gasteiger partial charge in [-0.15, -0.1) is 0 Å². The second kappa shape index (κ2) is 11.6. The van der Waals surface area contributed by atoms with E-state index in [1.165, 1.54) is 44.2 Å². The molecule has 0 aliphatic heterocycles. The first-order valence-electron chi connectivity index (χ1n) is 18.7. The van der Waals surface area contributed by atoms with E-state index < -0.39 is 0 Å². The minimum Gasteiger partial charge on any atom is -0.254 e. The maximum absolute atomic E-state index is 9.62. The van der Waals surface area contributed by atoms with Crippen LogP contribution in [-0.4, -0.2) is 15.0 Å². The molecule has 0 atom stereocenters. The van der Waals surface area contributed by atoms with E-state index in [0.29, 0.717) is 5.56 Å². The zero-order valence-electron chi connectivity index (χ0n) is 30.3. The molecular formula is C51H32N4. The second-order valence-corrected chi connectivity index (χ2v) is 15.1. The predicted molar refractivity (Wildman–Crippen MR) is 226 cm³/mol. The van der Waals surface area contributed by atoms with Crippen molar-refractivity contribution in [1.82, 2.24) is 15.0 Å². The van der Waals surface area contributed by atoms with E-state index in [-0.39, 0.29) is 5.41 Å². The summed E-state index contributed by atoms with van der Waals surface area (Å²) in [6.07, 6.45) is 3.70. The van der Waals surface area contributed by atoms with Crippen LogP contribution in [0.5, 0.6) is 0 Å². The van der Waals surface area contributed by atoms with Gasteiger partial charge in [0.15, 0.2) is 0 Å². The number of hydrogen-bond donors (Lipinski definition) is 0. The zero-order valence-corrected chi connectivity index (χ0v) is 30.3. The van der Waals surface area contributed by atoms with Gasteiger partial charge in [0.2, 0.25) is 0 Å². The van der Waals surface area contributed by atoms with Gasteiger partial charge in [0.05, 0.1) is 33.9 Å². The van der Waals surface area contributed by atoms with Crippen molar-refractivity contribution in [1.29, 1.82) is 5.26 Å². The Morgan fingerprint density at radius 2 is 1.04 bits per heavy atom. The highest BCUT2D eigenvalue weighted by molar-refractivity contribution is 6.32. The third-order valence-electron chi connectivity index (χ3n) is 11.8. The van der Waals surface area contributed by atoms with E-state index in [0.717, 1.165) is 65.9 Å². The molecule has 7 aromatic carbocycles. The minimum absolute atomic E-state index is 0.214. The van der Waals surface area contributed by atoms with Crippen LogP contribution in [0.4, 0.5) is 0 Å². The topological polar surface area (TPSA) is 62.5 Å².